The second kappa shape index (κ2) is 5.55. The minimum absolute atomic E-state index is 0.0843. The molecule has 1 atom stereocenters. The molecule has 0 aliphatic carbocycles. The van der Waals surface area contributed by atoms with Gasteiger partial charge in [0.25, 0.3) is 0 Å². The highest BCUT2D eigenvalue weighted by Crippen LogP contribution is 2.38. The van der Waals surface area contributed by atoms with Gasteiger partial charge in [-0.15, -0.1) is 11.6 Å². The molecule has 0 N–H and O–H groups in total. The third-order valence-electron chi connectivity index (χ3n) is 3.81. The van der Waals surface area contributed by atoms with E-state index in [2.05, 4.69) is 26.0 Å². The van der Waals surface area contributed by atoms with Gasteiger partial charge in [0.1, 0.15) is 11.4 Å². The molecule has 0 bridgehead atoms. The Labute approximate surface area is 135 Å². The van der Waals surface area contributed by atoms with E-state index in [1.54, 1.807) is 0 Å². The van der Waals surface area contributed by atoms with Gasteiger partial charge in [-0.25, -0.2) is 0 Å². The van der Waals surface area contributed by atoms with E-state index in [1.165, 1.54) is 5.56 Å². The van der Waals surface area contributed by atoms with Gasteiger partial charge in [-0.1, -0.05) is 41.9 Å². The van der Waals surface area contributed by atoms with Crippen LogP contribution in [0.1, 0.15) is 35.9 Å². The number of hydrogen-bond donors (Lipinski definition) is 0. The maximum atomic E-state index is 6.59. The van der Waals surface area contributed by atoms with Crippen LogP contribution in [0.3, 0.4) is 0 Å². The van der Waals surface area contributed by atoms with Crippen molar-refractivity contribution in [1.82, 2.24) is 0 Å². The van der Waals surface area contributed by atoms with Gasteiger partial charge < -0.3 is 4.74 Å². The van der Waals surface area contributed by atoms with Crippen molar-refractivity contribution in [2.75, 3.05) is 0 Å². The molecule has 0 radical (unpaired) electrons. The average Bonchev–Trinajstić information content (AvgIpc) is 2.74. The Balaban J connectivity index is 1.81. The minimum atomic E-state index is -0.120. The van der Waals surface area contributed by atoms with Crippen molar-refractivity contribution < 1.29 is 4.74 Å². The number of hydrogen-bond acceptors (Lipinski definition) is 1. The van der Waals surface area contributed by atoms with Crippen LogP contribution in [0.25, 0.3) is 0 Å². The van der Waals surface area contributed by atoms with Gasteiger partial charge >= 0.3 is 0 Å². The van der Waals surface area contributed by atoms with Gasteiger partial charge in [0, 0.05) is 11.4 Å². The van der Waals surface area contributed by atoms with Crippen molar-refractivity contribution in [2.45, 2.75) is 37.7 Å². The highest BCUT2D eigenvalue weighted by atomic mass is 35.5. The molecule has 0 spiro atoms. The van der Waals surface area contributed by atoms with Crippen molar-refractivity contribution in [2.24, 2.45) is 0 Å². The molecular weight excluding hydrogens is 303 g/mol. The smallest absolute Gasteiger partial charge is 0.123 e. The van der Waals surface area contributed by atoms with Gasteiger partial charge in [0.15, 0.2) is 0 Å². The summed E-state index contributed by atoms with van der Waals surface area (Å²) in [5.41, 5.74) is 3.32. The highest BCUT2D eigenvalue weighted by Gasteiger charge is 2.30. The summed E-state index contributed by atoms with van der Waals surface area (Å²) in [4.78, 5) is 0. The van der Waals surface area contributed by atoms with E-state index in [-0.39, 0.29) is 11.0 Å². The van der Waals surface area contributed by atoms with E-state index in [4.69, 9.17) is 27.9 Å². The summed E-state index contributed by atoms with van der Waals surface area (Å²) in [6.45, 7) is 4.21. The van der Waals surface area contributed by atoms with E-state index in [9.17, 15) is 0 Å². The van der Waals surface area contributed by atoms with Gasteiger partial charge in [0.2, 0.25) is 0 Å². The standard InChI is InChI=1S/C18H18Cl2O/c1-18(2)11-14-9-13(7-8-17(14)21-18)16(20)10-12-5-3-4-6-15(12)19/h3-9,16H,10-11H2,1-2H3. The van der Waals surface area contributed by atoms with Crippen molar-refractivity contribution in [1.29, 1.82) is 0 Å². The first kappa shape index (κ1) is 14.7. The molecular formula is C18H18Cl2O. The number of fused-ring (bicyclic) bond motifs is 1. The summed E-state index contributed by atoms with van der Waals surface area (Å²) in [5, 5.41) is 0.688. The predicted octanol–water partition coefficient (Wildman–Crippen LogP) is 5.58. The van der Waals surface area contributed by atoms with Crippen LogP contribution in [0.5, 0.6) is 5.75 Å². The van der Waals surface area contributed by atoms with Crippen molar-refractivity contribution in [3.63, 3.8) is 0 Å². The summed E-state index contributed by atoms with van der Waals surface area (Å²) >= 11 is 12.8. The summed E-state index contributed by atoms with van der Waals surface area (Å²) in [6.07, 6.45) is 1.65. The second-order valence-corrected chi connectivity index (χ2v) is 7.10. The predicted molar refractivity (Wildman–Crippen MR) is 88.6 cm³/mol. The van der Waals surface area contributed by atoms with Crippen molar-refractivity contribution >= 4 is 23.2 Å². The molecule has 0 saturated carbocycles. The molecule has 3 rings (SSSR count). The molecule has 0 amide bonds. The summed E-state index contributed by atoms with van der Waals surface area (Å²) in [6, 6.07) is 14.1. The zero-order valence-electron chi connectivity index (χ0n) is 12.2. The first-order valence-corrected chi connectivity index (χ1v) is 7.95. The minimum Gasteiger partial charge on any atom is -0.487 e. The van der Waals surface area contributed by atoms with Crippen LogP contribution in [0, 0.1) is 0 Å². The Morgan fingerprint density at radius 1 is 1.19 bits per heavy atom. The third kappa shape index (κ3) is 3.20. The Morgan fingerprint density at radius 2 is 1.95 bits per heavy atom. The number of ether oxygens (including phenoxy) is 1. The van der Waals surface area contributed by atoms with E-state index in [0.29, 0.717) is 0 Å². The van der Waals surface area contributed by atoms with Crippen molar-refractivity contribution in [3.8, 4) is 5.75 Å². The lowest BCUT2D eigenvalue weighted by atomic mass is 9.97. The van der Waals surface area contributed by atoms with Crippen molar-refractivity contribution in [3.05, 3.63) is 64.2 Å². The summed E-state index contributed by atoms with van der Waals surface area (Å²) in [5.74, 6) is 0.977. The number of benzene rings is 2. The average molecular weight is 321 g/mol. The number of alkyl halides is 1. The highest BCUT2D eigenvalue weighted by molar-refractivity contribution is 6.31. The van der Waals surface area contributed by atoms with E-state index < -0.39 is 0 Å². The maximum absolute atomic E-state index is 6.59. The number of halogens is 2. The maximum Gasteiger partial charge on any atom is 0.123 e. The monoisotopic (exact) mass is 320 g/mol. The molecule has 0 aromatic heterocycles. The lowest BCUT2D eigenvalue weighted by Gasteiger charge is -2.16. The molecule has 1 aliphatic heterocycles. The van der Waals surface area contributed by atoms with Gasteiger partial charge in [0.05, 0.1) is 5.38 Å². The largest absolute Gasteiger partial charge is 0.487 e. The first-order chi connectivity index (χ1) is 9.94. The van der Waals surface area contributed by atoms with E-state index in [0.717, 1.165) is 34.7 Å². The Morgan fingerprint density at radius 3 is 2.71 bits per heavy atom. The van der Waals surface area contributed by atoms with E-state index >= 15 is 0 Å². The Hall–Kier alpha value is -1.18. The zero-order valence-corrected chi connectivity index (χ0v) is 13.7. The van der Waals surface area contributed by atoms with Crippen LogP contribution in [-0.2, 0) is 12.8 Å². The first-order valence-electron chi connectivity index (χ1n) is 7.14. The normalized spacial score (nSPS) is 17.1. The van der Waals surface area contributed by atoms with Crippen LogP contribution < -0.4 is 4.74 Å². The van der Waals surface area contributed by atoms with Gasteiger partial charge in [-0.05, 0) is 49.1 Å². The molecule has 0 fully saturated rings. The number of rotatable bonds is 3. The molecule has 1 heterocycles. The molecule has 110 valence electrons. The fraction of sp³-hybridized carbons (Fsp3) is 0.333. The molecule has 3 heteroatoms. The molecule has 21 heavy (non-hydrogen) atoms. The zero-order chi connectivity index (χ0) is 15.0. The molecule has 1 unspecified atom stereocenters. The van der Waals surface area contributed by atoms with Crippen LogP contribution in [0.2, 0.25) is 5.02 Å². The molecule has 2 aromatic carbocycles. The molecule has 1 nitrogen and oxygen atoms in total. The molecule has 1 aliphatic rings. The third-order valence-corrected chi connectivity index (χ3v) is 4.58. The lowest BCUT2D eigenvalue weighted by Crippen LogP contribution is -2.24. The topological polar surface area (TPSA) is 9.23 Å². The molecule has 0 saturated heterocycles. The van der Waals surface area contributed by atoms with Crippen LogP contribution in [-0.4, -0.2) is 5.60 Å². The van der Waals surface area contributed by atoms with Crippen LogP contribution >= 0.6 is 23.2 Å². The summed E-state index contributed by atoms with van der Waals surface area (Å²) < 4.78 is 5.90. The van der Waals surface area contributed by atoms with Crippen LogP contribution in [0.15, 0.2) is 42.5 Å². The molecule has 2 aromatic rings. The second-order valence-electron chi connectivity index (χ2n) is 6.17. The Kier molecular flexibility index (Phi) is 3.90. The fourth-order valence-electron chi connectivity index (χ4n) is 2.80. The van der Waals surface area contributed by atoms with Gasteiger partial charge in [-0.3, -0.25) is 0 Å². The van der Waals surface area contributed by atoms with E-state index in [1.807, 2.05) is 30.3 Å². The summed E-state index contributed by atoms with van der Waals surface area (Å²) in [7, 11) is 0. The SMILES string of the molecule is CC1(C)Cc2cc(C(Cl)Cc3ccccc3Cl)ccc2O1. The Bertz CT molecular complexity index is 664. The lowest BCUT2D eigenvalue weighted by molar-refractivity contribution is 0.138. The van der Waals surface area contributed by atoms with Crippen LogP contribution in [0.4, 0.5) is 0 Å². The van der Waals surface area contributed by atoms with Gasteiger partial charge in [-0.2, -0.15) is 0 Å². The fourth-order valence-corrected chi connectivity index (χ4v) is 3.31. The quantitative estimate of drug-likeness (QED) is 0.671.